The topological polar surface area (TPSA) is 42.0 Å². The lowest BCUT2D eigenvalue weighted by molar-refractivity contribution is -0.00582. The fraction of sp³-hybridized carbons (Fsp3) is 0.870. The van der Waals surface area contributed by atoms with Crippen molar-refractivity contribution in [2.75, 3.05) is 33.8 Å². The number of likely N-dealkylation sites (N-methyl/N-ethyl adjacent to an activating group) is 1. The van der Waals surface area contributed by atoms with Gasteiger partial charge in [-0.1, -0.05) is 25.3 Å². The minimum Gasteiger partial charge on any atom is -0.444 e. The monoisotopic (exact) mass is 396 g/mol. The van der Waals surface area contributed by atoms with E-state index in [1.807, 2.05) is 33.9 Å². The van der Waals surface area contributed by atoms with Gasteiger partial charge in [-0.2, -0.15) is 0 Å². The van der Waals surface area contributed by atoms with Gasteiger partial charge in [-0.25, -0.2) is 4.79 Å². The fourth-order valence-corrected chi connectivity index (χ4v) is 3.66. The van der Waals surface area contributed by atoms with E-state index in [1.165, 1.54) is 25.7 Å². The number of amides is 1. The number of ether oxygens (including phenoxy) is 2. The van der Waals surface area contributed by atoms with Crippen molar-refractivity contribution in [2.45, 2.75) is 96.3 Å². The molecule has 1 fully saturated rings. The summed E-state index contributed by atoms with van der Waals surface area (Å²) in [5, 5.41) is 0. The van der Waals surface area contributed by atoms with Crippen LogP contribution >= 0.6 is 0 Å². The molecule has 1 saturated carbocycles. The van der Waals surface area contributed by atoms with Crippen molar-refractivity contribution in [3.8, 4) is 0 Å². The Morgan fingerprint density at radius 1 is 1.04 bits per heavy atom. The Kier molecular flexibility index (Phi) is 11.8. The molecule has 0 spiro atoms. The van der Waals surface area contributed by atoms with E-state index in [9.17, 15) is 4.79 Å². The number of nitrogens with zero attached hydrogens (tertiary/aromatic N) is 2. The lowest BCUT2D eigenvalue weighted by Crippen LogP contribution is -2.43. The second kappa shape index (κ2) is 13.2. The predicted octanol–water partition coefficient (Wildman–Crippen LogP) is 5.25. The van der Waals surface area contributed by atoms with Gasteiger partial charge in [0, 0.05) is 26.2 Å². The first-order valence-electron chi connectivity index (χ1n) is 11.1. The third-order valence-corrected chi connectivity index (χ3v) is 5.35. The lowest BCUT2D eigenvalue weighted by atomic mass is 9.92. The van der Waals surface area contributed by atoms with Gasteiger partial charge in [-0.05, 0) is 72.9 Å². The number of hydrogen-bond acceptors (Lipinski definition) is 4. The highest BCUT2D eigenvalue weighted by molar-refractivity contribution is 5.68. The summed E-state index contributed by atoms with van der Waals surface area (Å²) in [6.45, 7) is 12.5. The number of carbonyl (C=O) groups excluding carboxylic acids is 1. The van der Waals surface area contributed by atoms with Crippen molar-refractivity contribution in [1.82, 2.24) is 9.80 Å². The molecule has 0 aromatic rings. The molecule has 1 amide bonds. The third kappa shape index (κ3) is 11.1. The van der Waals surface area contributed by atoms with Crippen LogP contribution in [0.4, 0.5) is 4.79 Å². The van der Waals surface area contributed by atoms with E-state index in [0.29, 0.717) is 6.10 Å². The molecule has 5 nitrogen and oxygen atoms in total. The van der Waals surface area contributed by atoms with Crippen molar-refractivity contribution in [3.05, 3.63) is 12.7 Å². The highest BCUT2D eigenvalue weighted by Crippen LogP contribution is 2.26. The van der Waals surface area contributed by atoms with Crippen LogP contribution in [0.25, 0.3) is 0 Å². The molecule has 0 bridgehead atoms. The predicted molar refractivity (Wildman–Crippen MR) is 117 cm³/mol. The quantitative estimate of drug-likeness (QED) is 0.334. The van der Waals surface area contributed by atoms with Gasteiger partial charge >= 0.3 is 6.09 Å². The Hall–Kier alpha value is -1.07. The third-order valence-electron chi connectivity index (χ3n) is 5.35. The second-order valence-electron chi connectivity index (χ2n) is 9.21. The van der Waals surface area contributed by atoms with Crippen molar-refractivity contribution < 1.29 is 14.3 Å². The van der Waals surface area contributed by atoms with Crippen LogP contribution in [0.2, 0.25) is 0 Å². The maximum atomic E-state index is 12.2. The van der Waals surface area contributed by atoms with Gasteiger partial charge in [0.15, 0.2) is 0 Å². The Morgan fingerprint density at radius 2 is 1.64 bits per heavy atom. The number of hydrogen-bond donors (Lipinski definition) is 0. The molecule has 1 aliphatic rings. The Morgan fingerprint density at radius 3 is 2.25 bits per heavy atom. The summed E-state index contributed by atoms with van der Waals surface area (Å²) in [6.07, 6.45) is 12.4. The Labute approximate surface area is 173 Å². The summed E-state index contributed by atoms with van der Waals surface area (Å²) in [6, 6.07) is 0.272. The molecule has 164 valence electrons. The van der Waals surface area contributed by atoms with Gasteiger partial charge in [0.25, 0.3) is 0 Å². The zero-order valence-electron chi connectivity index (χ0n) is 19.0. The lowest BCUT2D eigenvalue weighted by Gasteiger charge is -2.35. The van der Waals surface area contributed by atoms with Crippen LogP contribution in [0.15, 0.2) is 12.7 Å². The second-order valence-corrected chi connectivity index (χ2v) is 9.21. The molecule has 0 radical (unpaired) electrons. The zero-order valence-corrected chi connectivity index (χ0v) is 19.0. The van der Waals surface area contributed by atoms with Crippen LogP contribution in [-0.2, 0) is 9.47 Å². The van der Waals surface area contributed by atoms with Crippen LogP contribution < -0.4 is 0 Å². The molecular weight excluding hydrogens is 352 g/mol. The molecule has 0 saturated heterocycles. The minimum absolute atomic E-state index is 0.215. The first-order valence-corrected chi connectivity index (χ1v) is 11.1. The summed E-state index contributed by atoms with van der Waals surface area (Å²) in [7, 11) is 4.00. The summed E-state index contributed by atoms with van der Waals surface area (Å²) in [5.74, 6) is 0. The first-order chi connectivity index (χ1) is 13.2. The van der Waals surface area contributed by atoms with Crippen molar-refractivity contribution in [2.24, 2.45) is 0 Å². The first kappa shape index (κ1) is 25.0. The summed E-state index contributed by atoms with van der Waals surface area (Å²) < 4.78 is 11.5. The van der Waals surface area contributed by atoms with Crippen LogP contribution in [0, 0.1) is 0 Å². The number of carbonyl (C=O) groups is 1. The van der Waals surface area contributed by atoms with Gasteiger partial charge in [0.05, 0.1) is 6.10 Å². The summed E-state index contributed by atoms with van der Waals surface area (Å²) in [4.78, 5) is 16.3. The molecule has 0 heterocycles. The average Bonchev–Trinajstić information content (AvgIpc) is 2.62. The van der Waals surface area contributed by atoms with Gasteiger partial charge in [0.1, 0.15) is 5.60 Å². The SMILES string of the molecule is C=CCN(C)CCCCCCCOC1CCC(N(C)C(=O)OC(C)(C)C)CC1. The fourth-order valence-electron chi connectivity index (χ4n) is 3.66. The number of unbranched alkanes of at least 4 members (excludes halogenated alkanes) is 4. The molecular formula is C23H44N2O3. The van der Waals surface area contributed by atoms with Gasteiger partial charge < -0.3 is 19.3 Å². The highest BCUT2D eigenvalue weighted by Gasteiger charge is 2.29. The maximum absolute atomic E-state index is 12.2. The van der Waals surface area contributed by atoms with Crippen molar-refractivity contribution in [1.29, 1.82) is 0 Å². The smallest absolute Gasteiger partial charge is 0.410 e. The summed E-state index contributed by atoms with van der Waals surface area (Å²) in [5.41, 5.74) is -0.437. The molecule has 5 heteroatoms. The average molecular weight is 397 g/mol. The van der Waals surface area contributed by atoms with Crippen molar-refractivity contribution in [3.63, 3.8) is 0 Å². The van der Waals surface area contributed by atoms with Crippen LogP contribution in [-0.4, -0.2) is 67.4 Å². The molecule has 0 N–H and O–H groups in total. The van der Waals surface area contributed by atoms with Crippen LogP contribution in [0.3, 0.4) is 0 Å². The maximum Gasteiger partial charge on any atom is 0.410 e. The van der Waals surface area contributed by atoms with E-state index < -0.39 is 5.60 Å². The molecule has 0 aromatic carbocycles. The molecule has 0 atom stereocenters. The molecule has 1 aliphatic carbocycles. The van der Waals surface area contributed by atoms with Gasteiger partial charge in [-0.15, -0.1) is 6.58 Å². The van der Waals surface area contributed by atoms with E-state index in [2.05, 4.69) is 18.5 Å². The Balaban J connectivity index is 2.05. The van der Waals surface area contributed by atoms with Crippen LogP contribution in [0.5, 0.6) is 0 Å². The molecule has 0 unspecified atom stereocenters. The summed E-state index contributed by atoms with van der Waals surface area (Å²) >= 11 is 0. The number of rotatable bonds is 12. The standard InChI is InChI=1S/C23H44N2O3/c1-7-17-24(5)18-11-9-8-10-12-19-27-21-15-13-20(14-16-21)25(6)22(26)28-23(2,3)4/h7,20-21H,1,8-19H2,2-6H3. The molecule has 1 rings (SSSR count). The largest absolute Gasteiger partial charge is 0.444 e. The van der Waals surface area contributed by atoms with E-state index in [1.54, 1.807) is 4.90 Å². The van der Waals surface area contributed by atoms with Gasteiger partial charge in [0.2, 0.25) is 0 Å². The molecule has 0 aromatic heterocycles. The normalized spacial score (nSPS) is 20.2. The van der Waals surface area contributed by atoms with Crippen LogP contribution in [0.1, 0.15) is 78.6 Å². The zero-order chi connectivity index (χ0) is 21.0. The minimum atomic E-state index is -0.437. The molecule has 28 heavy (non-hydrogen) atoms. The van der Waals surface area contributed by atoms with E-state index in [0.717, 1.165) is 51.8 Å². The van der Waals surface area contributed by atoms with E-state index >= 15 is 0 Å². The highest BCUT2D eigenvalue weighted by atomic mass is 16.6. The van der Waals surface area contributed by atoms with Crippen molar-refractivity contribution >= 4 is 6.09 Å². The molecule has 0 aliphatic heterocycles. The van der Waals surface area contributed by atoms with E-state index in [-0.39, 0.29) is 12.1 Å². The Bertz CT molecular complexity index is 440. The van der Waals surface area contributed by atoms with E-state index in [4.69, 9.17) is 9.47 Å². The van der Waals surface area contributed by atoms with Gasteiger partial charge in [-0.3, -0.25) is 0 Å².